The lowest BCUT2D eigenvalue weighted by Crippen LogP contribution is -2.08. The van der Waals surface area contributed by atoms with Crippen LogP contribution in [0.2, 0.25) is 0 Å². The highest BCUT2D eigenvalue weighted by atomic mass is 15.3. The molecule has 3 aromatic rings. The van der Waals surface area contributed by atoms with Gasteiger partial charge in [0.1, 0.15) is 12.7 Å². The highest BCUT2D eigenvalue weighted by Crippen LogP contribution is 2.21. The zero-order valence-electron chi connectivity index (χ0n) is 12.2. The third kappa shape index (κ3) is 2.76. The lowest BCUT2D eigenvalue weighted by molar-refractivity contribution is 0.756. The molecule has 3 aromatic heterocycles. The Morgan fingerprint density at radius 3 is 2.71 bits per heavy atom. The molecule has 7 heteroatoms. The van der Waals surface area contributed by atoms with Crippen molar-refractivity contribution in [3.63, 3.8) is 0 Å². The molecular formula is C14H17N7. The fraction of sp³-hybridized carbons (Fsp3) is 0.286. The van der Waals surface area contributed by atoms with Gasteiger partial charge in [0.25, 0.3) is 0 Å². The van der Waals surface area contributed by atoms with Crippen LogP contribution in [-0.4, -0.2) is 29.5 Å². The number of nitrogens with one attached hydrogen (secondary N) is 1. The quantitative estimate of drug-likeness (QED) is 0.791. The number of anilines is 1. The van der Waals surface area contributed by atoms with Crippen molar-refractivity contribution >= 4 is 5.69 Å². The Balaban J connectivity index is 1.74. The standard InChI is InChI=1S/C14H17N7/c1-10(13-7-20(3)19-11(13)2)18-12-4-5-14(16-6-12)21-9-15-8-17-21/h4-10,18H,1-3H3. The van der Waals surface area contributed by atoms with E-state index in [9.17, 15) is 0 Å². The van der Waals surface area contributed by atoms with Gasteiger partial charge in [0.15, 0.2) is 5.82 Å². The zero-order valence-corrected chi connectivity index (χ0v) is 12.2. The predicted molar refractivity (Wildman–Crippen MR) is 79.1 cm³/mol. The summed E-state index contributed by atoms with van der Waals surface area (Å²) in [4.78, 5) is 8.28. The maximum Gasteiger partial charge on any atom is 0.155 e. The van der Waals surface area contributed by atoms with Crippen molar-refractivity contribution in [2.75, 3.05) is 5.32 Å². The van der Waals surface area contributed by atoms with E-state index in [1.165, 1.54) is 11.9 Å². The van der Waals surface area contributed by atoms with E-state index in [0.717, 1.165) is 17.2 Å². The maximum atomic E-state index is 4.37. The second kappa shape index (κ2) is 5.35. The van der Waals surface area contributed by atoms with Crippen LogP contribution >= 0.6 is 0 Å². The fourth-order valence-electron chi connectivity index (χ4n) is 2.30. The van der Waals surface area contributed by atoms with E-state index < -0.39 is 0 Å². The molecular weight excluding hydrogens is 266 g/mol. The second-order valence-corrected chi connectivity index (χ2v) is 4.95. The zero-order chi connectivity index (χ0) is 14.8. The number of aryl methyl sites for hydroxylation is 2. The molecule has 1 unspecified atom stereocenters. The molecule has 7 nitrogen and oxygen atoms in total. The number of rotatable bonds is 4. The predicted octanol–water partition coefficient (Wildman–Crippen LogP) is 1.88. The van der Waals surface area contributed by atoms with E-state index in [-0.39, 0.29) is 6.04 Å². The van der Waals surface area contributed by atoms with Crippen LogP contribution in [0, 0.1) is 6.92 Å². The topological polar surface area (TPSA) is 73.5 Å². The van der Waals surface area contributed by atoms with Gasteiger partial charge in [0.05, 0.1) is 23.6 Å². The number of hydrogen-bond acceptors (Lipinski definition) is 5. The van der Waals surface area contributed by atoms with Gasteiger partial charge in [-0.15, -0.1) is 0 Å². The maximum absolute atomic E-state index is 4.37. The minimum absolute atomic E-state index is 0.165. The van der Waals surface area contributed by atoms with Crippen molar-refractivity contribution in [3.8, 4) is 5.82 Å². The first-order valence-corrected chi connectivity index (χ1v) is 6.71. The highest BCUT2D eigenvalue weighted by molar-refractivity contribution is 5.45. The molecule has 0 aliphatic carbocycles. The average molecular weight is 283 g/mol. The van der Waals surface area contributed by atoms with Crippen molar-refractivity contribution in [3.05, 3.63) is 48.4 Å². The minimum Gasteiger partial charge on any atom is -0.377 e. The van der Waals surface area contributed by atoms with Gasteiger partial charge in [-0.25, -0.2) is 14.6 Å². The molecule has 0 spiro atoms. The van der Waals surface area contributed by atoms with Crippen molar-refractivity contribution in [2.24, 2.45) is 7.05 Å². The van der Waals surface area contributed by atoms with E-state index in [0.29, 0.717) is 0 Å². The summed E-state index contributed by atoms with van der Waals surface area (Å²) in [6, 6.07) is 4.05. The Morgan fingerprint density at radius 2 is 2.14 bits per heavy atom. The minimum atomic E-state index is 0.165. The molecule has 0 aliphatic heterocycles. The summed E-state index contributed by atoms with van der Waals surface area (Å²) in [5, 5.41) is 11.8. The second-order valence-electron chi connectivity index (χ2n) is 4.95. The molecule has 0 fully saturated rings. The van der Waals surface area contributed by atoms with E-state index >= 15 is 0 Å². The van der Waals surface area contributed by atoms with Gasteiger partial charge in [-0.3, -0.25) is 4.68 Å². The molecule has 0 aromatic carbocycles. The Labute approximate surface area is 122 Å². The smallest absolute Gasteiger partial charge is 0.155 e. The molecule has 0 bridgehead atoms. The molecule has 0 amide bonds. The first-order valence-electron chi connectivity index (χ1n) is 6.71. The summed E-state index contributed by atoms with van der Waals surface area (Å²) in [6.07, 6.45) is 6.93. The van der Waals surface area contributed by atoms with Gasteiger partial charge < -0.3 is 5.32 Å². The SMILES string of the molecule is Cc1nn(C)cc1C(C)Nc1ccc(-n2cncn2)nc1. The normalized spacial score (nSPS) is 12.3. The molecule has 1 N–H and O–H groups in total. The van der Waals surface area contributed by atoms with Gasteiger partial charge in [-0.1, -0.05) is 0 Å². The monoisotopic (exact) mass is 283 g/mol. The molecule has 0 aliphatic rings. The van der Waals surface area contributed by atoms with Gasteiger partial charge in [-0.05, 0) is 26.0 Å². The van der Waals surface area contributed by atoms with Crippen LogP contribution in [-0.2, 0) is 7.05 Å². The van der Waals surface area contributed by atoms with Crippen LogP contribution in [0.4, 0.5) is 5.69 Å². The van der Waals surface area contributed by atoms with Gasteiger partial charge >= 0.3 is 0 Å². The van der Waals surface area contributed by atoms with Crippen molar-refractivity contribution in [2.45, 2.75) is 19.9 Å². The van der Waals surface area contributed by atoms with Gasteiger partial charge in [-0.2, -0.15) is 10.2 Å². The first kappa shape index (κ1) is 13.3. The number of pyridine rings is 1. The van der Waals surface area contributed by atoms with Gasteiger partial charge in [0, 0.05) is 18.8 Å². The van der Waals surface area contributed by atoms with E-state index in [2.05, 4.69) is 32.4 Å². The Hall–Kier alpha value is -2.70. The summed E-state index contributed by atoms with van der Waals surface area (Å²) < 4.78 is 3.45. The van der Waals surface area contributed by atoms with Crippen LogP contribution in [0.25, 0.3) is 5.82 Å². The van der Waals surface area contributed by atoms with Crippen LogP contribution in [0.3, 0.4) is 0 Å². The van der Waals surface area contributed by atoms with E-state index in [1.54, 1.807) is 17.2 Å². The Morgan fingerprint density at radius 1 is 1.29 bits per heavy atom. The summed E-state index contributed by atoms with van der Waals surface area (Å²) in [5.74, 6) is 0.739. The number of hydrogen-bond donors (Lipinski definition) is 1. The first-order chi connectivity index (χ1) is 10.1. The molecule has 0 saturated heterocycles. The van der Waals surface area contributed by atoms with E-state index in [1.807, 2.05) is 37.0 Å². The van der Waals surface area contributed by atoms with Crippen molar-refractivity contribution in [1.82, 2.24) is 29.5 Å². The molecule has 108 valence electrons. The van der Waals surface area contributed by atoms with Crippen LogP contribution in [0.5, 0.6) is 0 Å². The summed E-state index contributed by atoms with van der Waals surface area (Å²) in [7, 11) is 1.93. The Bertz CT molecular complexity index is 712. The van der Waals surface area contributed by atoms with Crippen molar-refractivity contribution < 1.29 is 0 Å². The third-order valence-corrected chi connectivity index (χ3v) is 3.30. The summed E-state index contributed by atoms with van der Waals surface area (Å²) >= 11 is 0. The average Bonchev–Trinajstić information content (AvgIpc) is 3.09. The summed E-state index contributed by atoms with van der Waals surface area (Å²) in [5.41, 5.74) is 3.16. The fourth-order valence-corrected chi connectivity index (χ4v) is 2.30. The number of nitrogens with zero attached hydrogens (tertiary/aromatic N) is 6. The van der Waals surface area contributed by atoms with Crippen molar-refractivity contribution in [1.29, 1.82) is 0 Å². The molecule has 0 radical (unpaired) electrons. The van der Waals surface area contributed by atoms with Crippen LogP contribution < -0.4 is 5.32 Å². The highest BCUT2D eigenvalue weighted by Gasteiger charge is 2.11. The third-order valence-electron chi connectivity index (χ3n) is 3.30. The van der Waals surface area contributed by atoms with Crippen LogP contribution in [0.15, 0.2) is 37.2 Å². The number of aromatic nitrogens is 6. The van der Waals surface area contributed by atoms with E-state index in [4.69, 9.17) is 0 Å². The Kier molecular flexibility index (Phi) is 3.39. The van der Waals surface area contributed by atoms with Gasteiger partial charge in [0.2, 0.25) is 0 Å². The molecule has 3 heterocycles. The lowest BCUT2D eigenvalue weighted by atomic mass is 10.1. The van der Waals surface area contributed by atoms with Crippen LogP contribution in [0.1, 0.15) is 24.2 Å². The molecule has 0 saturated carbocycles. The molecule has 3 rings (SSSR count). The molecule has 1 atom stereocenters. The lowest BCUT2D eigenvalue weighted by Gasteiger charge is -2.14. The summed E-state index contributed by atoms with van der Waals surface area (Å²) in [6.45, 7) is 4.12. The molecule has 21 heavy (non-hydrogen) atoms. The largest absolute Gasteiger partial charge is 0.377 e.